The third kappa shape index (κ3) is 5.55. The smallest absolute Gasteiger partial charge is 0.229 e. The van der Waals surface area contributed by atoms with Crippen molar-refractivity contribution in [3.05, 3.63) is 82.4 Å². The Morgan fingerprint density at radius 1 is 1.12 bits per heavy atom. The van der Waals surface area contributed by atoms with Crippen LogP contribution in [0.5, 0.6) is 0 Å². The van der Waals surface area contributed by atoms with Gasteiger partial charge in [0.2, 0.25) is 5.91 Å². The number of carbonyl (C=O) groups is 1. The van der Waals surface area contributed by atoms with E-state index in [1.807, 2.05) is 48.2 Å². The molecule has 0 unspecified atom stereocenters. The Bertz CT molecular complexity index is 945. The highest BCUT2D eigenvalue weighted by Crippen LogP contribution is 2.52. The minimum atomic E-state index is -0.506. The van der Waals surface area contributed by atoms with E-state index in [1.165, 1.54) is 0 Å². The maximum Gasteiger partial charge on any atom is 0.229 e. The molecule has 0 aromatic heterocycles. The summed E-state index contributed by atoms with van der Waals surface area (Å²) in [6.45, 7) is 12.6. The summed E-state index contributed by atoms with van der Waals surface area (Å²) in [7, 11) is 0. The summed E-state index contributed by atoms with van der Waals surface area (Å²) in [5.74, 6) is 1.21. The van der Waals surface area contributed by atoms with Crippen LogP contribution in [-0.2, 0) is 4.79 Å². The molecule has 1 heterocycles. The van der Waals surface area contributed by atoms with Gasteiger partial charge in [-0.05, 0) is 60.4 Å². The molecule has 1 saturated heterocycles. The zero-order valence-corrected chi connectivity index (χ0v) is 21.7. The van der Waals surface area contributed by atoms with Crippen LogP contribution in [0, 0.1) is 5.41 Å². The Labute approximate surface area is 207 Å². The molecule has 2 nitrogen and oxygen atoms in total. The average molecular weight is 491 g/mol. The summed E-state index contributed by atoms with van der Waals surface area (Å²) in [6, 6.07) is 16.0. The number of thioether (sulfide) groups is 1. The zero-order chi connectivity index (χ0) is 23.5. The van der Waals surface area contributed by atoms with Gasteiger partial charge in [0, 0.05) is 27.8 Å². The van der Waals surface area contributed by atoms with Crippen LogP contribution in [0.3, 0.4) is 0 Å². The molecule has 0 saturated carbocycles. The second kappa shape index (κ2) is 10.7. The SMILES string of the molecule is C=CC[C@@]1(C)C[C@H](c2cccc(Cl)c2)[C@@H](c2ccc(Cl)cc2)N([C@@H](C)CSC(C)C)C1=O. The third-order valence-corrected chi connectivity index (χ3v) is 8.16. The van der Waals surface area contributed by atoms with Crippen molar-refractivity contribution in [1.29, 1.82) is 0 Å². The summed E-state index contributed by atoms with van der Waals surface area (Å²) >= 11 is 14.5. The highest BCUT2D eigenvalue weighted by atomic mass is 35.5. The van der Waals surface area contributed by atoms with Gasteiger partial charge in [-0.15, -0.1) is 6.58 Å². The Kier molecular flexibility index (Phi) is 8.41. The van der Waals surface area contributed by atoms with Crippen molar-refractivity contribution < 1.29 is 4.79 Å². The number of benzene rings is 2. The predicted molar refractivity (Wildman–Crippen MR) is 140 cm³/mol. The molecule has 2 aromatic rings. The maximum absolute atomic E-state index is 14.0. The van der Waals surface area contributed by atoms with E-state index in [9.17, 15) is 4.79 Å². The minimum absolute atomic E-state index is 0.0844. The highest BCUT2D eigenvalue weighted by molar-refractivity contribution is 7.99. The molecule has 4 atom stereocenters. The predicted octanol–water partition coefficient (Wildman–Crippen LogP) is 8.16. The molecule has 0 aliphatic carbocycles. The molecule has 2 aromatic carbocycles. The second-order valence-corrected chi connectivity index (χ2v) is 11.8. The van der Waals surface area contributed by atoms with Crippen LogP contribution in [0.4, 0.5) is 0 Å². The largest absolute Gasteiger partial charge is 0.331 e. The van der Waals surface area contributed by atoms with Gasteiger partial charge in [-0.25, -0.2) is 0 Å². The lowest BCUT2D eigenvalue weighted by Gasteiger charge is -2.51. The normalized spacial score (nSPS) is 24.6. The summed E-state index contributed by atoms with van der Waals surface area (Å²) in [5.41, 5.74) is 1.76. The Hall–Kier alpha value is -1.42. The van der Waals surface area contributed by atoms with E-state index in [0.29, 0.717) is 16.7 Å². The first-order chi connectivity index (χ1) is 15.2. The molecule has 1 amide bonds. The Morgan fingerprint density at radius 2 is 1.81 bits per heavy atom. The summed E-state index contributed by atoms with van der Waals surface area (Å²) in [4.78, 5) is 16.2. The van der Waals surface area contributed by atoms with Gasteiger partial charge in [0.15, 0.2) is 0 Å². The molecule has 172 valence electrons. The number of allylic oxidation sites excluding steroid dienone is 1. The molecular weight excluding hydrogens is 457 g/mol. The van der Waals surface area contributed by atoms with E-state index < -0.39 is 5.41 Å². The second-order valence-electron chi connectivity index (χ2n) is 9.36. The number of rotatable bonds is 8. The molecule has 0 spiro atoms. The van der Waals surface area contributed by atoms with Crippen molar-refractivity contribution in [3.63, 3.8) is 0 Å². The van der Waals surface area contributed by atoms with Crippen LogP contribution in [0.1, 0.15) is 63.6 Å². The van der Waals surface area contributed by atoms with Crippen molar-refractivity contribution in [2.24, 2.45) is 5.41 Å². The van der Waals surface area contributed by atoms with Gasteiger partial charge in [0.25, 0.3) is 0 Å². The molecule has 5 heteroatoms. The number of halogens is 2. The van der Waals surface area contributed by atoms with E-state index in [1.54, 1.807) is 0 Å². The number of piperidine rings is 1. The van der Waals surface area contributed by atoms with Gasteiger partial charge in [0.1, 0.15) is 0 Å². The van der Waals surface area contributed by atoms with Crippen LogP contribution < -0.4 is 0 Å². The molecule has 1 aliphatic rings. The maximum atomic E-state index is 14.0. The van der Waals surface area contributed by atoms with Crippen LogP contribution in [0.15, 0.2) is 61.2 Å². The molecular formula is C27H33Cl2NOS. The van der Waals surface area contributed by atoms with Gasteiger partial charge in [-0.3, -0.25) is 4.79 Å². The monoisotopic (exact) mass is 489 g/mol. The first-order valence-electron chi connectivity index (χ1n) is 11.2. The lowest BCUT2D eigenvalue weighted by Crippen LogP contribution is -2.55. The van der Waals surface area contributed by atoms with Crippen molar-refractivity contribution in [2.45, 2.75) is 63.8 Å². The number of amides is 1. The van der Waals surface area contributed by atoms with Crippen molar-refractivity contribution in [1.82, 2.24) is 4.90 Å². The van der Waals surface area contributed by atoms with Gasteiger partial charge in [-0.1, -0.05) is 74.3 Å². The van der Waals surface area contributed by atoms with Gasteiger partial charge >= 0.3 is 0 Å². The minimum Gasteiger partial charge on any atom is -0.331 e. The van der Waals surface area contributed by atoms with Crippen LogP contribution in [0.2, 0.25) is 10.0 Å². The first kappa shape index (κ1) is 25.2. The van der Waals surface area contributed by atoms with Gasteiger partial charge in [-0.2, -0.15) is 11.8 Å². The fourth-order valence-corrected chi connectivity index (χ4v) is 5.93. The lowest BCUT2D eigenvalue weighted by atomic mass is 9.67. The van der Waals surface area contributed by atoms with Gasteiger partial charge in [0.05, 0.1) is 11.5 Å². The number of hydrogen-bond donors (Lipinski definition) is 0. The Balaban J connectivity index is 2.15. The highest BCUT2D eigenvalue weighted by Gasteiger charge is 2.50. The first-order valence-corrected chi connectivity index (χ1v) is 13.0. The number of carbonyl (C=O) groups excluding carboxylic acids is 1. The molecule has 1 aliphatic heterocycles. The van der Waals surface area contributed by atoms with E-state index >= 15 is 0 Å². The molecule has 1 fully saturated rings. The van der Waals surface area contributed by atoms with Crippen molar-refractivity contribution in [3.8, 4) is 0 Å². The van der Waals surface area contributed by atoms with Gasteiger partial charge < -0.3 is 4.90 Å². The topological polar surface area (TPSA) is 20.3 Å². The van der Waals surface area contributed by atoms with Crippen molar-refractivity contribution >= 4 is 40.9 Å². The van der Waals surface area contributed by atoms with Crippen LogP contribution >= 0.6 is 35.0 Å². The summed E-state index contributed by atoms with van der Waals surface area (Å²) in [6.07, 6.45) is 3.27. The van der Waals surface area contributed by atoms with Crippen LogP contribution in [-0.4, -0.2) is 27.9 Å². The standard InChI is InChI=1S/C27H33Cl2NOS/c1-6-14-27(5)16-24(21-8-7-9-23(29)15-21)25(20-10-12-22(28)13-11-20)30(26(27)31)19(4)17-32-18(2)3/h6-13,15,18-19,24-25H,1,14,16-17H2,2-5H3/t19-,24+,25+,27-/m0/s1. The molecule has 32 heavy (non-hydrogen) atoms. The lowest BCUT2D eigenvalue weighted by molar-refractivity contribution is -0.153. The van der Waals surface area contributed by atoms with E-state index in [0.717, 1.165) is 28.3 Å². The fraction of sp³-hybridized carbons (Fsp3) is 0.444. The third-order valence-electron chi connectivity index (χ3n) is 6.33. The van der Waals surface area contributed by atoms with E-state index in [2.05, 4.69) is 57.4 Å². The molecule has 0 N–H and O–H groups in total. The number of hydrogen-bond acceptors (Lipinski definition) is 2. The van der Waals surface area contributed by atoms with E-state index in [-0.39, 0.29) is 23.9 Å². The average Bonchev–Trinajstić information content (AvgIpc) is 2.74. The molecule has 0 bridgehead atoms. The molecule has 0 radical (unpaired) electrons. The van der Waals surface area contributed by atoms with Crippen molar-refractivity contribution in [2.75, 3.05) is 5.75 Å². The van der Waals surface area contributed by atoms with Crippen LogP contribution in [0.25, 0.3) is 0 Å². The zero-order valence-electron chi connectivity index (χ0n) is 19.4. The van der Waals surface area contributed by atoms with E-state index in [4.69, 9.17) is 23.2 Å². The quantitative estimate of drug-likeness (QED) is 0.348. The fourth-order valence-electron chi connectivity index (χ4n) is 4.78. The summed E-state index contributed by atoms with van der Waals surface area (Å²) in [5, 5.41) is 1.92. The number of nitrogens with zero attached hydrogens (tertiary/aromatic N) is 1. The summed E-state index contributed by atoms with van der Waals surface area (Å²) < 4.78 is 0. The number of likely N-dealkylation sites (tertiary alicyclic amines) is 1. The Morgan fingerprint density at radius 3 is 2.41 bits per heavy atom. The molecule has 3 rings (SSSR count).